The van der Waals surface area contributed by atoms with Gasteiger partial charge in [-0.3, -0.25) is 0 Å². The fourth-order valence-corrected chi connectivity index (χ4v) is 3.43. The number of hydrogen-bond donors (Lipinski definition) is 1. The molecule has 0 fully saturated rings. The third-order valence-corrected chi connectivity index (χ3v) is 4.86. The van der Waals surface area contributed by atoms with Gasteiger partial charge in [0, 0.05) is 40.9 Å². The van der Waals surface area contributed by atoms with Gasteiger partial charge in [0.2, 0.25) is 0 Å². The van der Waals surface area contributed by atoms with E-state index >= 15 is 0 Å². The minimum atomic E-state index is 0.953. The van der Waals surface area contributed by atoms with E-state index in [2.05, 4.69) is 75.8 Å². The number of likely N-dealkylation sites (N-methyl/N-ethyl adjacent to an activating group) is 1. The quantitative estimate of drug-likeness (QED) is 0.756. The number of thiophene rings is 1. The van der Waals surface area contributed by atoms with E-state index in [4.69, 9.17) is 0 Å². The SMILES string of the molecule is Cc1ccc(CN(C)CCNCc2cc(Br)cs2)cc1. The molecule has 1 N–H and O–H groups in total. The second kappa shape index (κ2) is 7.93. The zero-order chi connectivity index (χ0) is 14.4. The van der Waals surface area contributed by atoms with Crippen LogP contribution >= 0.6 is 27.3 Å². The molecular weight excluding hydrogens is 332 g/mol. The maximum absolute atomic E-state index is 3.49. The summed E-state index contributed by atoms with van der Waals surface area (Å²) in [5.41, 5.74) is 2.69. The first kappa shape index (κ1) is 15.7. The van der Waals surface area contributed by atoms with Crippen LogP contribution in [0, 0.1) is 6.92 Å². The van der Waals surface area contributed by atoms with Gasteiger partial charge in [0.05, 0.1) is 0 Å². The van der Waals surface area contributed by atoms with Crippen molar-refractivity contribution < 1.29 is 0 Å². The van der Waals surface area contributed by atoms with Gasteiger partial charge in [-0.15, -0.1) is 11.3 Å². The van der Waals surface area contributed by atoms with E-state index in [9.17, 15) is 0 Å². The molecule has 0 aliphatic heterocycles. The molecule has 0 saturated carbocycles. The highest BCUT2D eigenvalue weighted by atomic mass is 79.9. The largest absolute Gasteiger partial charge is 0.311 e. The van der Waals surface area contributed by atoms with Crippen molar-refractivity contribution in [3.8, 4) is 0 Å². The van der Waals surface area contributed by atoms with Crippen molar-refractivity contribution >= 4 is 27.3 Å². The lowest BCUT2D eigenvalue weighted by molar-refractivity contribution is 0.324. The van der Waals surface area contributed by atoms with Crippen molar-refractivity contribution in [2.24, 2.45) is 0 Å². The molecule has 0 unspecified atom stereocenters. The minimum absolute atomic E-state index is 0.953. The third kappa shape index (κ3) is 5.37. The van der Waals surface area contributed by atoms with Crippen LogP contribution in [0.2, 0.25) is 0 Å². The second-order valence-corrected chi connectivity index (χ2v) is 7.04. The zero-order valence-electron chi connectivity index (χ0n) is 12.0. The molecule has 1 heterocycles. The Morgan fingerprint density at radius 1 is 1.25 bits per heavy atom. The standard InChI is InChI=1S/C16H21BrN2S/c1-13-3-5-14(6-4-13)11-19(2)8-7-18-10-16-9-15(17)12-20-16/h3-6,9,12,18H,7-8,10-11H2,1-2H3. The van der Waals surface area contributed by atoms with E-state index in [1.54, 1.807) is 11.3 Å². The Bertz CT molecular complexity index is 522. The van der Waals surface area contributed by atoms with E-state index in [0.717, 1.165) is 26.2 Å². The summed E-state index contributed by atoms with van der Waals surface area (Å²) < 4.78 is 1.18. The Morgan fingerprint density at radius 2 is 2.00 bits per heavy atom. The van der Waals surface area contributed by atoms with Gasteiger partial charge in [-0.2, -0.15) is 0 Å². The highest BCUT2D eigenvalue weighted by Gasteiger charge is 2.01. The van der Waals surface area contributed by atoms with Crippen LogP contribution in [-0.2, 0) is 13.1 Å². The molecule has 1 aromatic carbocycles. The van der Waals surface area contributed by atoms with Crippen LogP contribution in [0.3, 0.4) is 0 Å². The molecule has 1 aromatic heterocycles. The van der Waals surface area contributed by atoms with Crippen LogP contribution in [0.15, 0.2) is 40.2 Å². The Labute approximate surface area is 133 Å². The third-order valence-electron chi connectivity index (χ3n) is 3.16. The van der Waals surface area contributed by atoms with Crippen LogP contribution in [0.4, 0.5) is 0 Å². The Balaban J connectivity index is 1.65. The van der Waals surface area contributed by atoms with Gasteiger partial charge in [0.15, 0.2) is 0 Å². The first-order chi connectivity index (χ1) is 9.63. The molecular formula is C16H21BrN2S. The summed E-state index contributed by atoms with van der Waals surface area (Å²) in [6.07, 6.45) is 0. The second-order valence-electron chi connectivity index (χ2n) is 5.13. The number of benzene rings is 1. The molecule has 2 nitrogen and oxygen atoms in total. The lowest BCUT2D eigenvalue weighted by atomic mass is 10.1. The normalized spacial score (nSPS) is 11.2. The van der Waals surface area contributed by atoms with Crippen molar-refractivity contribution in [1.82, 2.24) is 10.2 Å². The summed E-state index contributed by atoms with van der Waals surface area (Å²) >= 11 is 5.27. The van der Waals surface area contributed by atoms with Gasteiger partial charge in [0.25, 0.3) is 0 Å². The molecule has 108 valence electrons. The molecule has 0 radical (unpaired) electrons. The molecule has 0 spiro atoms. The van der Waals surface area contributed by atoms with Gasteiger partial charge in [-0.25, -0.2) is 0 Å². The molecule has 0 saturated heterocycles. The first-order valence-corrected chi connectivity index (χ1v) is 8.48. The lowest BCUT2D eigenvalue weighted by Gasteiger charge is -2.17. The maximum atomic E-state index is 3.49. The van der Waals surface area contributed by atoms with E-state index < -0.39 is 0 Å². The van der Waals surface area contributed by atoms with Gasteiger partial charge in [-0.1, -0.05) is 29.8 Å². The Morgan fingerprint density at radius 3 is 2.65 bits per heavy atom. The number of nitrogens with zero attached hydrogens (tertiary/aromatic N) is 1. The highest BCUT2D eigenvalue weighted by molar-refractivity contribution is 9.10. The van der Waals surface area contributed by atoms with Crippen LogP contribution in [0.1, 0.15) is 16.0 Å². The van der Waals surface area contributed by atoms with Gasteiger partial charge < -0.3 is 10.2 Å². The number of halogens is 1. The average molecular weight is 353 g/mol. The van der Waals surface area contributed by atoms with Crippen molar-refractivity contribution in [1.29, 1.82) is 0 Å². The summed E-state index contributed by atoms with van der Waals surface area (Å²) in [7, 11) is 2.17. The maximum Gasteiger partial charge on any atom is 0.0300 e. The average Bonchev–Trinajstić information content (AvgIpc) is 2.83. The van der Waals surface area contributed by atoms with Gasteiger partial charge in [-0.05, 0) is 41.5 Å². The molecule has 0 atom stereocenters. The summed E-state index contributed by atoms with van der Waals surface area (Å²) in [6, 6.07) is 10.9. The summed E-state index contributed by atoms with van der Waals surface area (Å²) in [5, 5.41) is 5.61. The topological polar surface area (TPSA) is 15.3 Å². The summed E-state index contributed by atoms with van der Waals surface area (Å²) in [5.74, 6) is 0. The number of hydrogen-bond acceptors (Lipinski definition) is 3. The summed E-state index contributed by atoms with van der Waals surface area (Å²) in [4.78, 5) is 3.72. The van der Waals surface area contributed by atoms with Crippen molar-refractivity contribution in [2.75, 3.05) is 20.1 Å². The number of nitrogens with one attached hydrogen (secondary N) is 1. The van der Waals surface area contributed by atoms with Crippen molar-refractivity contribution in [3.63, 3.8) is 0 Å². The zero-order valence-corrected chi connectivity index (χ0v) is 14.4. The molecule has 4 heteroatoms. The van der Waals surface area contributed by atoms with Crippen molar-refractivity contribution in [3.05, 3.63) is 56.2 Å². The Kier molecular flexibility index (Phi) is 6.23. The molecule has 2 aromatic rings. The summed E-state index contributed by atoms with van der Waals surface area (Å²) in [6.45, 7) is 6.15. The van der Waals surface area contributed by atoms with Gasteiger partial charge >= 0.3 is 0 Å². The molecule has 0 amide bonds. The fourth-order valence-electron chi connectivity index (χ4n) is 2.01. The predicted molar refractivity (Wildman–Crippen MR) is 91.2 cm³/mol. The fraction of sp³-hybridized carbons (Fsp3) is 0.375. The van der Waals surface area contributed by atoms with Crippen LogP contribution in [0.25, 0.3) is 0 Å². The highest BCUT2D eigenvalue weighted by Crippen LogP contribution is 2.19. The monoisotopic (exact) mass is 352 g/mol. The molecule has 2 rings (SSSR count). The van der Waals surface area contributed by atoms with Crippen LogP contribution in [0.5, 0.6) is 0 Å². The first-order valence-electron chi connectivity index (χ1n) is 6.81. The van der Waals surface area contributed by atoms with Crippen LogP contribution in [-0.4, -0.2) is 25.0 Å². The molecule has 20 heavy (non-hydrogen) atoms. The molecule has 0 bridgehead atoms. The predicted octanol–water partition coefficient (Wildman–Crippen LogP) is 4.04. The Hall–Kier alpha value is -0.680. The number of aryl methyl sites for hydroxylation is 1. The van der Waals surface area contributed by atoms with E-state index in [0.29, 0.717) is 0 Å². The van der Waals surface area contributed by atoms with E-state index in [1.807, 2.05) is 0 Å². The van der Waals surface area contributed by atoms with Crippen molar-refractivity contribution in [2.45, 2.75) is 20.0 Å². The van der Waals surface area contributed by atoms with Crippen LogP contribution < -0.4 is 5.32 Å². The smallest absolute Gasteiger partial charge is 0.0300 e. The van der Waals surface area contributed by atoms with Gasteiger partial charge in [0.1, 0.15) is 0 Å². The van der Waals surface area contributed by atoms with E-state index in [1.165, 1.54) is 20.5 Å². The van der Waals surface area contributed by atoms with E-state index in [-0.39, 0.29) is 0 Å². The lowest BCUT2D eigenvalue weighted by Crippen LogP contribution is -2.28. The minimum Gasteiger partial charge on any atom is -0.311 e. The molecule has 0 aliphatic carbocycles. The molecule has 0 aliphatic rings. The number of rotatable bonds is 7.